The van der Waals surface area contributed by atoms with Gasteiger partial charge in [-0.25, -0.2) is 0 Å². The van der Waals surface area contributed by atoms with E-state index in [1.54, 1.807) is 29.8 Å². The van der Waals surface area contributed by atoms with Gasteiger partial charge >= 0.3 is 0 Å². The molecule has 2 heterocycles. The quantitative estimate of drug-likeness (QED) is 0.576. The van der Waals surface area contributed by atoms with Gasteiger partial charge < -0.3 is 4.74 Å². The number of fused-ring (bicyclic) bond motifs is 1. The van der Waals surface area contributed by atoms with Crippen molar-refractivity contribution in [1.29, 1.82) is 0 Å². The number of hydrogen-bond acceptors (Lipinski definition) is 3. The maximum Gasteiger partial charge on any atom is 0.129 e. The molecular formula is C14H11BrOS2. The fourth-order valence-corrected chi connectivity index (χ4v) is 4.77. The Morgan fingerprint density at radius 3 is 2.78 bits per heavy atom. The Morgan fingerprint density at radius 2 is 2.00 bits per heavy atom. The van der Waals surface area contributed by atoms with E-state index in [2.05, 4.69) is 51.6 Å². The zero-order chi connectivity index (χ0) is 12.5. The molecule has 0 saturated heterocycles. The molecule has 0 fully saturated rings. The van der Waals surface area contributed by atoms with Gasteiger partial charge in [0.15, 0.2) is 0 Å². The van der Waals surface area contributed by atoms with Crippen LogP contribution in [0.15, 0.2) is 41.1 Å². The zero-order valence-corrected chi connectivity index (χ0v) is 12.9. The molecule has 0 saturated carbocycles. The molecule has 1 atom stereocenters. The zero-order valence-electron chi connectivity index (χ0n) is 9.72. The Bertz CT molecular complexity index is 671. The molecule has 1 aromatic carbocycles. The predicted octanol–water partition coefficient (Wildman–Crippen LogP) is 5.46. The van der Waals surface area contributed by atoms with Crippen molar-refractivity contribution in [1.82, 2.24) is 0 Å². The van der Waals surface area contributed by atoms with Gasteiger partial charge in [0.25, 0.3) is 0 Å². The van der Waals surface area contributed by atoms with Crippen molar-refractivity contribution in [3.63, 3.8) is 0 Å². The third kappa shape index (κ3) is 2.09. The van der Waals surface area contributed by atoms with Gasteiger partial charge in [-0.05, 0) is 28.5 Å². The third-order valence-electron chi connectivity index (χ3n) is 2.87. The second kappa shape index (κ2) is 5.03. The summed E-state index contributed by atoms with van der Waals surface area (Å²) in [7, 11) is 1.70. The Hall–Kier alpha value is -0.840. The molecule has 0 N–H and O–H groups in total. The summed E-state index contributed by atoms with van der Waals surface area (Å²) >= 11 is 7.31. The number of thiophene rings is 2. The van der Waals surface area contributed by atoms with Crippen molar-refractivity contribution in [2.45, 2.75) is 4.83 Å². The lowest BCUT2D eigenvalue weighted by Crippen LogP contribution is -1.87. The molecule has 3 aromatic rings. The van der Waals surface area contributed by atoms with Crippen LogP contribution in [0.4, 0.5) is 0 Å². The van der Waals surface area contributed by atoms with E-state index in [-0.39, 0.29) is 4.83 Å². The van der Waals surface area contributed by atoms with Crippen molar-refractivity contribution >= 4 is 48.7 Å². The van der Waals surface area contributed by atoms with Gasteiger partial charge in [0, 0.05) is 15.0 Å². The van der Waals surface area contributed by atoms with Crippen LogP contribution < -0.4 is 4.74 Å². The van der Waals surface area contributed by atoms with E-state index in [1.807, 2.05) is 5.38 Å². The summed E-state index contributed by atoms with van der Waals surface area (Å²) < 4.78 is 6.58. The standard InChI is InChI=1S/C14H11BrOS2/c1-16-9-6-13(17-7-9)14(15)11-8-18-12-5-3-2-4-10(11)12/h2-8,14H,1H3. The van der Waals surface area contributed by atoms with Gasteiger partial charge in [-0.15, -0.1) is 22.7 Å². The van der Waals surface area contributed by atoms with Crippen molar-refractivity contribution in [2.24, 2.45) is 0 Å². The molecule has 3 rings (SSSR count). The molecule has 0 spiro atoms. The molecule has 2 aromatic heterocycles. The summed E-state index contributed by atoms with van der Waals surface area (Å²) in [6.07, 6.45) is 0. The molecule has 0 amide bonds. The van der Waals surface area contributed by atoms with E-state index in [9.17, 15) is 0 Å². The van der Waals surface area contributed by atoms with E-state index in [0.717, 1.165) is 5.75 Å². The van der Waals surface area contributed by atoms with Gasteiger partial charge in [0.05, 0.1) is 11.9 Å². The van der Waals surface area contributed by atoms with Crippen LogP contribution in [0.5, 0.6) is 5.75 Å². The number of benzene rings is 1. The maximum atomic E-state index is 5.24. The van der Waals surface area contributed by atoms with Crippen LogP contribution in [0, 0.1) is 0 Å². The smallest absolute Gasteiger partial charge is 0.129 e. The van der Waals surface area contributed by atoms with E-state index in [4.69, 9.17) is 4.74 Å². The highest BCUT2D eigenvalue weighted by Gasteiger charge is 2.16. The third-order valence-corrected chi connectivity index (χ3v) is 6.11. The van der Waals surface area contributed by atoms with Crippen LogP contribution in [-0.4, -0.2) is 7.11 Å². The van der Waals surface area contributed by atoms with Crippen LogP contribution in [0.2, 0.25) is 0 Å². The lowest BCUT2D eigenvalue weighted by atomic mass is 10.1. The number of methoxy groups -OCH3 is 1. The first-order valence-corrected chi connectivity index (χ1v) is 8.19. The van der Waals surface area contributed by atoms with Gasteiger partial charge in [0.2, 0.25) is 0 Å². The molecule has 0 aliphatic rings. The molecule has 1 nitrogen and oxygen atoms in total. The normalized spacial score (nSPS) is 12.8. The number of alkyl halides is 1. The van der Waals surface area contributed by atoms with E-state index < -0.39 is 0 Å². The highest BCUT2D eigenvalue weighted by molar-refractivity contribution is 9.09. The molecule has 92 valence electrons. The van der Waals surface area contributed by atoms with Crippen molar-refractivity contribution in [2.75, 3.05) is 7.11 Å². The van der Waals surface area contributed by atoms with E-state index in [1.165, 1.54) is 20.5 Å². The Labute approximate surface area is 122 Å². The molecule has 0 aliphatic heterocycles. The first kappa shape index (κ1) is 12.2. The molecule has 0 radical (unpaired) electrons. The lowest BCUT2D eigenvalue weighted by molar-refractivity contribution is 0.416. The highest BCUT2D eigenvalue weighted by Crippen LogP contribution is 2.41. The van der Waals surface area contributed by atoms with Gasteiger partial charge in [-0.3, -0.25) is 0 Å². The molecule has 4 heteroatoms. The van der Waals surface area contributed by atoms with Crippen LogP contribution in [-0.2, 0) is 0 Å². The molecule has 0 bridgehead atoms. The molecule has 0 aliphatic carbocycles. The van der Waals surface area contributed by atoms with Crippen LogP contribution in [0.25, 0.3) is 10.1 Å². The first-order valence-electron chi connectivity index (χ1n) is 5.52. The van der Waals surface area contributed by atoms with Crippen molar-refractivity contribution in [3.05, 3.63) is 51.5 Å². The summed E-state index contributed by atoms with van der Waals surface area (Å²) in [5.41, 5.74) is 1.33. The minimum Gasteiger partial charge on any atom is -0.496 e. The lowest BCUT2D eigenvalue weighted by Gasteiger charge is -2.06. The highest BCUT2D eigenvalue weighted by atomic mass is 79.9. The second-order valence-electron chi connectivity index (χ2n) is 3.94. The number of ether oxygens (including phenoxy) is 1. The van der Waals surface area contributed by atoms with Crippen LogP contribution in [0.3, 0.4) is 0 Å². The second-order valence-corrected chi connectivity index (χ2v) is 6.71. The number of rotatable bonds is 3. The summed E-state index contributed by atoms with van der Waals surface area (Å²) in [5, 5.41) is 5.60. The summed E-state index contributed by atoms with van der Waals surface area (Å²) in [5.74, 6) is 0.930. The topological polar surface area (TPSA) is 9.23 Å². The molecular weight excluding hydrogens is 328 g/mol. The van der Waals surface area contributed by atoms with Gasteiger partial charge in [-0.2, -0.15) is 0 Å². The largest absolute Gasteiger partial charge is 0.496 e. The molecule has 1 unspecified atom stereocenters. The monoisotopic (exact) mass is 338 g/mol. The SMILES string of the molecule is COc1csc(C(Br)c2csc3ccccc23)c1. The fraction of sp³-hybridized carbons (Fsp3) is 0.143. The van der Waals surface area contributed by atoms with Crippen molar-refractivity contribution in [3.8, 4) is 5.75 Å². The van der Waals surface area contributed by atoms with Crippen LogP contribution in [0.1, 0.15) is 15.3 Å². The first-order chi connectivity index (χ1) is 8.79. The Balaban J connectivity index is 2.03. The van der Waals surface area contributed by atoms with Crippen LogP contribution >= 0.6 is 38.6 Å². The van der Waals surface area contributed by atoms with Crippen molar-refractivity contribution < 1.29 is 4.74 Å². The summed E-state index contributed by atoms with van der Waals surface area (Å²) in [4.78, 5) is 1.51. The van der Waals surface area contributed by atoms with E-state index >= 15 is 0 Å². The minimum absolute atomic E-state index is 0.238. The average molecular weight is 339 g/mol. The Kier molecular flexibility index (Phi) is 3.41. The minimum atomic E-state index is 0.238. The van der Waals surface area contributed by atoms with Gasteiger partial charge in [0.1, 0.15) is 5.75 Å². The summed E-state index contributed by atoms with van der Waals surface area (Å²) in [6.45, 7) is 0. The Morgan fingerprint density at radius 1 is 1.17 bits per heavy atom. The van der Waals surface area contributed by atoms with Gasteiger partial charge in [-0.1, -0.05) is 34.1 Å². The molecule has 18 heavy (non-hydrogen) atoms. The number of halogens is 1. The van der Waals surface area contributed by atoms with E-state index in [0.29, 0.717) is 0 Å². The predicted molar refractivity (Wildman–Crippen MR) is 83.5 cm³/mol. The number of hydrogen-bond donors (Lipinski definition) is 0. The average Bonchev–Trinajstić information content (AvgIpc) is 3.04. The maximum absolute atomic E-state index is 5.24. The summed E-state index contributed by atoms with van der Waals surface area (Å²) in [6, 6.07) is 10.6. The fourth-order valence-electron chi connectivity index (χ4n) is 1.92.